The molecule has 1 unspecified atom stereocenters. The molecule has 0 saturated carbocycles. The Bertz CT molecular complexity index is 442. The zero-order valence-corrected chi connectivity index (χ0v) is 9.73. The number of hydrogen-bond donors (Lipinski definition) is 3. The molecule has 0 amide bonds. The monoisotopic (exact) mass is 284 g/mol. The third-order valence-corrected chi connectivity index (χ3v) is 2.21. The molecule has 5 nitrogen and oxygen atoms in total. The first kappa shape index (κ1) is 12.5. The van der Waals surface area contributed by atoms with Crippen LogP contribution in [0, 0.1) is 12.3 Å². The molecule has 0 aliphatic carbocycles. The number of terminal acetylenes is 1. The van der Waals surface area contributed by atoms with E-state index in [4.69, 9.17) is 16.6 Å². The highest BCUT2D eigenvalue weighted by molar-refractivity contribution is 9.10. The summed E-state index contributed by atoms with van der Waals surface area (Å²) in [5.41, 5.74) is -0.0110. The summed E-state index contributed by atoms with van der Waals surface area (Å²) in [6.07, 6.45) is 6.57. The maximum Gasteiger partial charge on any atom is 0.339 e. The molecule has 0 saturated heterocycles. The Morgan fingerprint density at radius 3 is 2.94 bits per heavy atom. The van der Waals surface area contributed by atoms with Crippen LogP contribution in [-0.4, -0.2) is 33.8 Å². The average Bonchev–Trinajstić information content (AvgIpc) is 2.27. The number of nitrogens with zero attached hydrogens (tertiary/aromatic N) is 1. The maximum absolute atomic E-state index is 10.9. The lowest BCUT2D eigenvalue weighted by Gasteiger charge is -2.12. The molecule has 0 radical (unpaired) electrons. The van der Waals surface area contributed by atoms with E-state index in [1.165, 1.54) is 12.3 Å². The van der Waals surface area contributed by atoms with Crippen LogP contribution in [-0.2, 0) is 0 Å². The molecule has 0 spiro atoms. The van der Waals surface area contributed by atoms with Gasteiger partial charge >= 0.3 is 5.97 Å². The van der Waals surface area contributed by atoms with Crippen LogP contribution >= 0.6 is 15.9 Å². The molecule has 0 aliphatic heterocycles. The van der Waals surface area contributed by atoms with Gasteiger partial charge in [-0.2, -0.15) is 0 Å². The van der Waals surface area contributed by atoms with Crippen LogP contribution in [0.25, 0.3) is 0 Å². The van der Waals surface area contributed by atoms with Gasteiger partial charge < -0.3 is 15.5 Å². The molecule has 3 N–H and O–H groups in total. The summed E-state index contributed by atoms with van der Waals surface area (Å²) in [6, 6.07) is 0.745. The highest BCUT2D eigenvalue weighted by atomic mass is 79.9. The number of rotatable bonds is 4. The Balaban J connectivity index is 3.04. The van der Waals surface area contributed by atoms with Crippen molar-refractivity contribution in [2.75, 3.05) is 11.9 Å². The average molecular weight is 285 g/mol. The summed E-state index contributed by atoms with van der Waals surface area (Å²) in [7, 11) is 0. The molecule has 1 aromatic rings. The lowest BCUT2D eigenvalue weighted by Crippen LogP contribution is -2.23. The number of pyridine rings is 1. The van der Waals surface area contributed by atoms with Crippen molar-refractivity contribution >= 4 is 27.7 Å². The van der Waals surface area contributed by atoms with Crippen molar-refractivity contribution in [3.05, 3.63) is 22.3 Å². The van der Waals surface area contributed by atoms with Gasteiger partial charge in [0.2, 0.25) is 0 Å². The second kappa shape index (κ2) is 5.49. The first-order chi connectivity index (χ1) is 7.58. The Labute approximate surface area is 101 Å². The topological polar surface area (TPSA) is 82.5 Å². The SMILES string of the molecule is C#CC(CO)Nc1ncc(Br)cc1C(=O)O. The third-order valence-electron chi connectivity index (χ3n) is 1.78. The maximum atomic E-state index is 10.9. The minimum atomic E-state index is -1.12. The largest absolute Gasteiger partial charge is 0.478 e. The quantitative estimate of drug-likeness (QED) is 0.717. The number of carboxylic acid groups (broad SMARTS) is 1. The van der Waals surface area contributed by atoms with Gasteiger partial charge in [0.1, 0.15) is 17.4 Å². The standard InChI is InChI=1S/C10H9BrN2O3/c1-2-7(5-14)13-9-8(10(15)16)3-6(11)4-12-9/h1,3-4,7,14H,5H2,(H,12,13)(H,15,16). The third kappa shape index (κ3) is 2.95. The van der Waals surface area contributed by atoms with E-state index >= 15 is 0 Å². The molecule has 0 aromatic carbocycles. The van der Waals surface area contributed by atoms with Crippen LogP contribution in [0.2, 0.25) is 0 Å². The van der Waals surface area contributed by atoms with Crippen molar-refractivity contribution in [1.29, 1.82) is 0 Å². The van der Waals surface area contributed by atoms with E-state index in [0.717, 1.165) is 0 Å². The predicted molar refractivity (Wildman–Crippen MR) is 62.2 cm³/mol. The fourth-order valence-corrected chi connectivity index (χ4v) is 1.35. The molecule has 1 aromatic heterocycles. The number of nitrogens with one attached hydrogen (secondary N) is 1. The van der Waals surface area contributed by atoms with Gasteiger partial charge in [0.15, 0.2) is 0 Å². The Hall–Kier alpha value is -1.58. The van der Waals surface area contributed by atoms with Crippen LogP contribution in [0.3, 0.4) is 0 Å². The normalized spacial score (nSPS) is 11.6. The summed E-state index contributed by atoms with van der Waals surface area (Å²) >= 11 is 3.12. The van der Waals surface area contributed by atoms with Crippen molar-refractivity contribution in [3.8, 4) is 12.3 Å². The van der Waals surface area contributed by atoms with Gasteiger partial charge in [0.05, 0.1) is 6.61 Å². The van der Waals surface area contributed by atoms with E-state index in [-0.39, 0.29) is 18.0 Å². The van der Waals surface area contributed by atoms with E-state index in [9.17, 15) is 4.79 Å². The van der Waals surface area contributed by atoms with E-state index in [1.54, 1.807) is 0 Å². The molecule has 6 heteroatoms. The van der Waals surface area contributed by atoms with Gasteiger partial charge in [-0.05, 0) is 22.0 Å². The Kier molecular flexibility index (Phi) is 4.28. The molecule has 0 bridgehead atoms. The number of halogens is 1. The number of hydrogen-bond acceptors (Lipinski definition) is 4. The molecular formula is C10H9BrN2O3. The zero-order valence-electron chi connectivity index (χ0n) is 8.14. The smallest absolute Gasteiger partial charge is 0.339 e. The summed E-state index contributed by atoms with van der Waals surface area (Å²) in [5, 5.41) is 20.5. The van der Waals surface area contributed by atoms with Crippen molar-refractivity contribution in [3.63, 3.8) is 0 Å². The van der Waals surface area contributed by atoms with Gasteiger partial charge in [-0.15, -0.1) is 6.42 Å². The molecule has 0 fully saturated rings. The summed E-state index contributed by atoms with van der Waals surface area (Å²) in [6.45, 7) is -0.298. The van der Waals surface area contributed by atoms with Gasteiger partial charge in [-0.1, -0.05) is 5.92 Å². The number of aromatic nitrogens is 1. The number of carboxylic acids is 1. The highest BCUT2D eigenvalue weighted by Gasteiger charge is 2.14. The van der Waals surface area contributed by atoms with E-state index in [0.29, 0.717) is 4.47 Å². The molecule has 16 heavy (non-hydrogen) atoms. The molecule has 84 valence electrons. The van der Waals surface area contributed by atoms with Crippen molar-refractivity contribution in [1.82, 2.24) is 4.98 Å². The fourth-order valence-electron chi connectivity index (χ4n) is 1.02. The lowest BCUT2D eigenvalue weighted by atomic mass is 10.2. The van der Waals surface area contributed by atoms with Crippen molar-refractivity contribution in [2.45, 2.75) is 6.04 Å². The van der Waals surface area contributed by atoms with Crippen LogP contribution in [0.4, 0.5) is 5.82 Å². The molecule has 1 atom stereocenters. The Morgan fingerprint density at radius 2 is 2.44 bits per heavy atom. The number of aromatic carboxylic acids is 1. The van der Waals surface area contributed by atoms with Gasteiger partial charge in [-0.3, -0.25) is 0 Å². The molecule has 1 heterocycles. The van der Waals surface area contributed by atoms with Crippen LogP contribution in [0.1, 0.15) is 10.4 Å². The van der Waals surface area contributed by atoms with E-state index < -0.39 is 12.0 Å². The summed E-state index contributed by atoms with van der Waals surface area (Å²) < 4.78 is 0.553. The minimum absolute atomic E-state index is 0.0110. The van der Waals surface area contributed by atoms with Crippen LogP contribution in [0.5, 0.6) is 0 Å². The Morgan fingerprint density at radius 1 is 1.75 bits per heavy atom. The van der Waals surface area contributed by atoms with E-state index in [2.05, 4.69) is 32.2 Å². The number of carbonyl (C=O) groups is 1. The second-order valence-corrected chi connectivity index (χ2v) is 3.82. The van der Waals surface area contributed by atoms with Gasteiger partial charge in [0.25, 0.3) is 0 Å². The lowest BCUT2D eigenvalue weighted by molar-refractivity contribution is 0.0697. The van der Waals surface area contributed by atoms with Crippen molar-refractivity contribution < 1.29 is 15.0 Å². The molecule has 0 aliphatic rings. The van der Waals surface area contributed by atoms with Gasteiger partial charge in [0, 0.05) is 10.7 Å². The first-order valence-corrected chi connectivity index (χ1v) is 5.10. The van der Waals surface area contributed by atoms with Gasteiger partial charge in [-0.25, -0.2) is 9.78 Å². The van der Waals surface area contributed by atoms with Crippen LogP contribution in [0.15, 0.2) is 16.7 Å². The molecular weight excluding hydrogens is 276 g/mol. The summed E-state index contributed by atoms with van der Waals surface area (Å²) in [4.78, 5) is 14.8. The first-order valence-electron chi connectivity index (χ1n) is 4.31. The van der Waals surface area contributed by atoms with Crippen molar-refractivity contribution in [2.24, 2.45) is 0 Å². The molecule has 1 rings (SSSR count). The number of aliphatic hydroxyl groups is 1. The van der Waals surface area contributed by atoms with Crippen LogP contribution < -0.4 is 5.32 Å². The second-order valence-electron chi connectivity index (χ2n) is 2.90. The summed E-state index contributed by atoms with van der Waals surface area (Å²) in [5.74, 6) is 1.29. The number of aliphatic hydroxyl groups excluding tert-OH is 1. The zero-order chi connectivity index (χ0) is 12.1. The van der Waals surface area contributed by atoms with E-state index in [1.807, 2.05) is 0 Å². The number of anilines is 1. The minimum Gasteiger partial charge on any atom is -0.478 e. The highest BCUT2D eigenvalue weighted by Crippen LogP contribution is 2.18. The fraction of sp³-hybridized carbons (Fsp3) is 0.200. The predicted octanol–water partition coefficient (Wildman–Crippen LogP) is 0.948.